The van der Waals surface area contributed by atoms with Gasteiger partial charge >= 0.3 is 0 Å². The lowest BCUT2D eigenvalue weighted by Gasteiger charge is -2.48. The van der Waals surface area contributed by atoms with Crippen LogP contribution >= 0.6 is 0 Å². The first-order valence-electron chi connectivity index (χ1n) is 9.67. The molecule has 2 saturated heterocycles. The van der Waals surface area contributed by atoms with E-state index in [-0.39, 0.29) is 11.8 Å². The smallest absolute Gasteiger partial charge is 0.253 e. The van der Waals surface area contributed by atoms with Crippen molar-refractivity contribution in [2.45, 2.75) is 6.04 Å². The molecule has 0 radical (unpaired) electrons. The Kier molecular flexibility index (Phi) is 5.30. The monoisotopic (exact) mass is 379 g/mol. The highest BCUT2D eigenvalue weighted by molar-refractivity contribution is 5.95. The Labute approximate surface area is 165 Å². The molecule has 2 aliphatic heterocycles. The Balaban J connectivity index is 1.25. The zero-order valence-corrected chi connectivity index (χ0v) is 16.1. The number of benzene rings is 2. The van der Waals surface area contributed by atoms with Gasteiger partial charge in [0, 0.05) is 56.4 Å². The number of carbonyl (C=O) groups is 2. The number of hydrogen-bond acceptors (Lipinski definition) is 4. The number of piperazine rings is 1. The van der Waals surface area contributed by atoms with Crippen LogP contribution in [0.25, 0.3) is 0 Å². The molecular formula is C22H25N3O3. The summed E-state index contributed by atoms with van der Waals surface area (Å²) in [5.74, 6) is 0.919. The second kappa shape index (κ2) is 8.02. The highest BCUT2D eigenvalue weighted by Gasteiger charge is 2.36. The van der Waals surface area contributed by atoms with E-state index < -0.39 is 0 Å². The Bertz CT molecular complexity index is 824. The molecule has 0 saturated carbocycles. The fourth-order valence-corrected chi connectivity index (χ4v) is 3.82. The van der Waals surface area contributed by atoms with Crippen LogP contribution < -0.4 is 4.74 Å². The molecule has 6 nitrogen and oxygen atoms in total. The SMILES string of the molecule is COc1ccc(C(=O)N2CC(N3CCN(C(=O)c4ccccc4)CC3)C2)cc1. The second-order valence-corrected chi connectivity index (χ2v) is 7.29. The van der Waals surface area contributed by atoms with Gasteiger partial charge in [-0.05, 0) is 36.4 Å². The average molecular weight is 379 g/mol. The Morgan fingerprint density at radius 3 is 1.96 bits per heavy atom. The normalized spacial score (nSPS) is 17.9. The molecule has 0 atom stereocenters. The third-order valence-electron chi connectivity index (χ3n) is 5.63. The Hall–Kier alpha value is -2.86. The molecule has 6 heteroatoms. The fraction of sp³-hybridized carbons (Fsp3) is 0.364. The Morgan fingerprint density at radius 2 is 1.36 bits per heavy atom. The third-order valence-corrected chi connectivity index (χ3v) is 5.63. The van der Waals surface area contributed by atoms with Gasteiger partial charge in [0.15, 0.2) is 0 Å². The first kappa shape index (κ1) is 18.5. The standard InChI is InChI=1S/C22H25N3O3/c1-28-20-9-7-18(8-10-20)22(27)25-15-19(16-25)23-11-13-24(14-12-23)21(26)17-5-3-2-4-6-17/h2-10,19H,11-16H2,1H3. The van der Waals surface area contributed by atoms with Crippen molar-refractivity contribution in [1.29, 1.82) is 0 Å². The van der Waals surface area contributed by atoms with Crippen molar-refractivity contribution in [3.05, 3.63) is 65.7 Å². The number of rotatable bonds is 4. The van der Waals surface area contributed by atoms with E-state index in [1.165, 1.54) is 0 Å². The number of carbonyl (C=O) groups excluding carboxylic acids is 2. The van der Waals surface area contributed by atoms with Crippen LogP contribution in [-0.4, -0.2) is 78.9 Å². The number of ether oxygens (including phenoxy) is 1. The lowest BCUT2D eigenvalue weighted by Crippen LogP contribution is -2.64. The molecule has 2 aliphatic rings. The highest BCUT2D eigenvalue weighted by Crippen LogP contribution is 2.21. The average Bonchev–Trinajstić information content (AvgIpc) is 2.73. The van der Waals surface area contributed by atoms with Gasteiger partial charge in [0.1, 0.15) is 5.75 Å². The molecule has 0 bridgehead atoms. The molecular weight excluding hydrogens is 354 g/mol. The minimum atomic E-state index is 0.0665. The maximum atomic E-state index is 12.6. The number of hydrogen-bond donors (Lipinski definition) is 0. The summed E-state index contributed by atoms with van der Waals surface area (Å²) in [6.45, 7) is 4.67. The summed E-state index contributed by atoms with van der Waals surface area (Å²) in [5, 5.41) is 0. The van der Waals surface area contributed by atoms with Gasteiger partial charge in [-0.1, -0.05) is 18.2 Å². The summed E-state index contributed by atoms with van der Waals surface area (Å²) in [7, 11) is 1.62. The summed E-state index contributed by atoms with van der Waals surface area (Å²) in [6, 6.07) is 17.1. The maximum Gasteiger partial charge on any atom is 0.253 e. The van der Waals surface area contributed by atoms with Gasteiger partial charge in [-0.2, -0.15) is 0 Å². The van der Waals surface area contributed by atoms with E-state index in [2.05, 4.69) is 4.90 Å². The predicted molar refractivity (Wildman–Crippen MR) is 107 cm³/mol. The maximum absolute atomic E-state index is 12.6. The summed E-state index contributed by atoms with van der Waals surface area (Å²) < 4.78 is 5.14. The molecule has 2 aromatic rings. The molecule has 2 heterocycles. The minimum Gasteiger partial charge on any atom is -0.497 e. The minimum absolute atomic E-state index is 0.0665. The topological polar surface area (TPSA) is 53.1 Å². The van der Waals surface area contributed by atoms with Gasteiger partial charge in [-0.15, -0.1) is 0 Å². The van der Waals surface area contributed by atoms with Crippen molar-refractivity contribution >= 4 is 11.8 Å². The predicted octanol–water partition coefficient (Wildman–Crippen LogP) is 1.98. The lowest BCUT2D eigenvalue weighted by molar-refractivity contribution is 0.00854. The zero-order chi connectivity index (χ0) is 19.5. The van der Waals surface area contributed by atoms with Gasteiger partial charge < -0.3 is 14.5 Å². The summed E-state index contributed by atoms with van der Waals surface area (Å²) in [5.41, 5.74) is 1.44. The Morgan fingerprint density at radius 1 is 0.786 bits per heavy atom. The van der Waals surface area contributed by atoms with Crippen molar-refractivity contribution < 1.29 is 14.3 Å². The van der Waals surface area contributed by atoms with Crippen molar-refractivity contribution in [2.75, 3.05) is 46.4 Å². The summed E-state index contributed by atoms with van der Waals surface area (Å²) in [4.78, 5) is 31.3. The van der Waals surface area contributed by atoms with Crippen LogP contribution in [0.2, 0.25) is 0 Å². The quantitative estimate of drug-likeness (QED) is 0.815. The van der Waals surface area contributed by atoms with Crippen LogP contribution in [-0.2, 0) is 0 Å². The molecule has 28 heavy (non-hydrogen) atoms. The molecule has 0 unspecified atom stereocenters. The number of amides is 2. The largest absolute Gasteiger partial charge is 0.497 e. The number of nitrogens with zero attached hydrogens (tertiary/aromatic N) is 3. The van der Waals surface area contributed by atoms with E-state index in [1.807, 2.05) is 64.4 Å². The molecule has 2 fully saturated rings. The molecule has 146 valence electrons. The lowest BCUT2D eigenvalue weighted by atomic mass is 10.0. The van der Waals surface area contributed by atoms with Gasteiger partial charge in [0.25, 0.3) is 11.8 Å². The zero-order valence-electron chi connectivity index (χ0n) is 16.1. The van der Waals surface area contributed by atoms with Gasteiger partial charge in [0.2, 0.25) is 0 Å². The van der Waals surface area contributed by atoms with Crippen LogP contribution in [0.5, 0.6) is 5.75 Å². The molecule has 0 spiro atoms. The molecule has 0 aliphatic carbocycles. The van der Waals surface area contributed by atoms with E-state index in [0.29, 0.717) is 11.6 Å². The second-order valence-electron chi connectivity index (χ2n) is 7.29. The van der Waals surface area contributed by atoms with E-state index in [0.717, 1.165) is 50.6 Å². The molecule has 0 aromatic heterocycles. The first-order chi connectivity index (χ1) is 13.7. The van der Waals surface area contributed by atoms with Crippen LogP contribution in [0, 0.1) is 0 Å². The van der Waals surface area contributed by atoms with Gasteiger partial charge in [0.05, 0.1) is 7.11 Å². The van der Waals surface area contributed by atoms with Gasteiger partial charge in [-0.25, -0.2) is 0 Å². The first-order valence-corrected chi connectivity index (χ1v) is 9.67. The molecule has 0 N–H and O–H groups in total. The van der Waals surface area contributed by atoms with Crippen molar-refractivity contribution in [3.63, 3.8) is 0 Å². The summed E-state index contributed by atoms with van der Waals surface area (Å²) in [6.07, 6.45) is 0. The van der Waals surface area contributed by atoms with E-state index in [1.54, 1.807) is 7.11 Å². The fourth-order valence-electron chi connectivity index (χ4n) is 3.82. The van der Waals surface area contributed by atoms with Crippen molar-refractivity contribution in [2.24, 2.45) is 0 Å². The molecule has 4 rings (SSSR count). The number of likely N-dealkylation sites (tertiary alicyclic amines) is 1. The van der Waals surface area contributed by atoms with Crippen molar-refractivity contribution in [1.82, 2.24) is 14.7 Å². The molecule has 2 amide bonds. The third kappa shape index (κ3) is 3.73. The van der Waals surface area contributed by atoms with E-state index in [4.69, 9.17) is 4.74 Å². The molecule has 2 aromatic carbocycles. The highest BCUT2D eigenvalue weighted by atomic mass is 16.5. The summed E-state index contributed by atoms with van der Waals surface area (Å²) >= 11 is 0. The van der Waals surface area contributed by atoms with Crippen LogP contribution in [0.1, 0.15) is 20.7 Å². The van der Waals surface area contributed by atoms with E-state index >= 15 is 0 Å². The van der Waals surface area contributed by atoms with Gasteiger partial charge in [-0.3, -0.25) is 14.5 Å². The van der Waals surface area contributed by atoms with Crippen molar-refractivity contribution in [3.8, 4) is 5.75 Å². The van der Waals surface area contributed by atoms with Crippen LogP contribution in [0.15, 0.2) is 54.6 Å². The van der Waals surface area contributed by atoms with Crippen LogP contribution in [0.4, 0.5) is 0 Å². The van der Waals surface area contributed by atoms with E-state index in [9.17, 15) is 9.59 Å². The van der Waals surface area contributed by atoms with Crippen LogP contribution in [0.3, 0.4) is 0 Å². The number of methoxy groups -OCH3 is 1.